The molecule has 2 atom stereocenters. The summed E-state index contributed by atoms with van der Waals surface area (Å²) in [4.78, 5) is 22.4. The fourth-order valence-electron chi connectivity index (χ4n) is 1.51. The molecule has 0 aliphatic rings. The second-order valence-corrected chi connectivity index (χ2v) is 4.18. The largest absolute Gasteiger partial charge is 0.497 e. The van der Waals surface area contributed by atoms with E-state index in [9.17, 15) is 14.7 Å². The van der Waals surface area contributed by atoms with Gasteiger partial charge in [0.25, 0.3) is 0 Å². The Morgan fingerprint density at radius 1 is 1.40 bits per heavy atom. The first-order valence-corrected chi connectivity index (χ1v) is 5.97. The van der Waals surface area contributed by atoms with Crippen molar-refractivity contribution in [2.75, 3.05) is 7.11 Å². The third-order valence-electron chi connectivity index (χ3n) is 2.57. The lowest BCUT2D eigenvalue weighted by Crippen LogP contribution is -2.47. The third kappa shape index (κ3) is 4.74. The first kappa shape index (κ1) is 15.7. The summed E-state index contributed by atoms with van der Waals surface area (Å²) >= 11 is 0. The number of amides is 1. The van der Waals surface area contributed by atoms with Gasteiger partial charge in [-0.1, -0.05) is 12.1 Å². The van der Waals surface area contributed by atoms with Crippen molar-refractivity contribution in [2.24, 2.45) is 0 Å². The lowest BCUT2D eigenvalue weighted by atomic mass is 10.1. The molecule has 0 heterocycles. The molecule has 20 heavy (non-hydrogen) atoms. The van der Waals surface area contributed by atoms with Crippen LogP contribution in [0.5, 0.6) is 5.75 Å². The van der Waals surface area contributed by atoms with Gasteiger partial charge in [-0.25, -0.2) is 4.79 Å². The molecule has 0 unspecified atom stereocenters. The van der Waals surface area contributed by atoms with E-state index in [4.69, 9.17) is 9.84 Å². The van der Waals surface area contributed by atoms with Gasteiger partial charge in [-0.05, 0) is 30.7 Å². The lowest BCUT2D eigenvalue weighted by molar-refractivity contribution is -0.144. The van der Waals surface area contributed by atoms with Crippen LogP contribution in [-0.4, -0.2) is 41.3 Å². The van der Waals surface area contributed by atoms with Crippen molar-refractivity contribution >= 4 is 18.0 Å². The minimum Gasteiger partial charge on any atom is -0.497 e. The summed E-state index contributed by atoms with van der Waals surface area (Å²) in [5.41, 5.74) is 0.739. The van der Waals surface area contributed by atoms with Crippen LogP contribution in [0.25, 0.3) is 6.08 Å². The zero-order chi connectivity index (χ0) is 15.1. The fourth-order valence-corrected chi connectivity index (χ4v) is 1.51. The molecule has 0 fully saturated rings. The summed E-state index contributed by atoms with van der Waals surface area (Å²) in [6.45, 7) is 1.30. The molecule has 108 valence electrons. The van der Waals surface area contributed by atoms with Gasteiger partial charge in [0.1, 0.15) is 5.75 Å². The van der Waals surface area contributed by atoms with Crippen molar-refractivity contribution in [3.63, 3.8) is 0 Å². The second kappa shape index (κ2) is 7.30. The summed E-state index contributed by atoms with van der Waals surface area (Å²) in [5, 5.41) is 20.3. The number of aliphatic hydroxyl groups is 1. The molecule has 1 aromatic rings. The Bertz CT molecular complexity index is 510. The number of carboxylic acids is 1. The molecule has 0 aromatic heterocycles. The standard InChI is InChI=1S/C14H17NO5/c1-9(16)13(14(18)19)15-12(17)7-6-10-4-3-5-11(8-10)20-2/h3-9,13,16H,1-2H3,(H,15,17)(H,18,19)/b7-6+/t9-,13+/m1/s1. The molecule has 0 spiro atoms. The smallest absolute Gasteiger partial charge is 0.328 e. The average molecular weight is 279 g/mol. The van der Waals surface area contributed by atoms with E-state index < -0.39 is 24.0 Å². The van der Waals surface area contributed by atoms with Crippen molar-refractivity contribution in [3.8, 4) is 5.75 Å². The summed E-state index contributed by atoms with van der Waals surface area (Å²) in [6.07, 6.45) is 1.55. The number of aliphatic carboxylic acids is 1. The van der Waals surface area contributed by atoms with Crippen molar-refractivity contribution in [3.05, 3.63) is 35.9 Å². The molecule has 0 aliphatic heterocycles. The van der Waals surface area contributed by atoms with Crippen LogP contribution in [0.3, 0.4) is 0 Å². The van der Waals surface area contributed by atoms with E-state index in [1.165, 1.54) is 26.2 Å². The Hall–Kier alpha value is -2.34. The monoisotopic (exact) mass is 279 g/mol. The highest BCUT2D eigenvalue weighted by Crippen LogP contribution is 2.13. The highest BCUT2D eigenvalue weighted by Gasteiger charge is 2.23. The van der Waals surface area contributed by atoms with Gasteiger partial charge in [-0.15, -0.1) is 0 Å². The van der Waals surface area contributed by atoms with Gasteiger partial charge in [0.05, 0.1) is 13.2 Å². The molecule has 0 aliphatic carbocycles. The van der Waals surface area contributed by atoms with Crippen LogP contribution in [-0.2, 0) is 9.59 Å². The first-order valence-electron chi connectivity index (χ1n) is 5.97. The highest BCUT2D eigenvalue weighted by molar-refractivity contribution is 5.94. The normalized spacial score (nSPS) is 13.8. The number of carboxylic acid groups (broad SMARTS) is 1. The van der Waals surface area contributed by atoms with Crippen molar-refractivity contribution in [1.29, 1.82) is 0 Å². The van der Waals surface area contributed by atoms with E-state index in [0.717, 1.165) is 5.56 Å². The molecular formula is C14H17NO5. The Labute approximate surface area is 116 Å². The average Bonchev–Trinajstić information content (AvgIpc) is 2.42. The number of rotatable bonds is 6. The van der Waals surface area contributed by atoms with Crippen molar-refractivity contribution in [2.45, 2.75) is 19.1 Å². The van der Waals surface area contributed by atoms with Gasteiger partial charge in [0.2, 0.25) is 5.91 Å². The number of carbonyl (C=O) groups is 2. The minimum atomic E-state index is -1.34. The number of nitrogens with one attached hydrogen (secondary N) is 1. The van der Waals surface area contributed by atoms with Crippen LogP contribution < -0.4 is 10.1 Å². The van der Waals surface area contributed by atoms with Crippen LogP contribution in [0, 0.1) is 0 Å². The Kier molecular flexibility index (Phi) is 5.74. The predicted octanol–water partition coefficient (Wildman–Crippen LogP) is 0.659. The van der Waals surface area contributed by atoms with E-state index in [-0.39, 0.29) is 0 Å². The first-order chi connectivity index (χ1) is 9.43. The quantitative estimate of drug-likeness (QED) is 0.665. The van der Waals surface area contributed by atoms with E-state index in [0.29, 0.717) is 5.75 Å². The highest BCUT2D eigenvalue weighted by atomic mass is 16.5. The SMILES string of the molecule is COc1cccc(/C=C/C(=O)N[C@H](C(=O)O)[C@@H](C)O)c1. The fraction of sp³-hybridized carbons (Fsp3) is 0.286. The topological polar surface area (TPSA) is 95.9 Å². The van der Waals surface area contributed by atoms with Gasteiger partial charge < -0.3 is 20.3 Å². The van der Waals surface area contributed by atoms with Crippen molar-refractivity contribution in [1.82, 2.24) is 5.32 Å². The van der Waals surface area contributed by atoms with E-state index in [1.54, 1.807) is 24.3 Å². The number of methoxy groups -OCH3 is 1. The van der Waals surface area contributed by atoms with Gasteiger partial charge >= 0.3 is 5.97 Å². The van der Waals surface area contributed by atoms with E-state index >= 15 is 0 Å². The van der Waals surface area contributed by atoms with Crippen LogP contribution >= 0.6 is 0 Å². The maximum atomic E-state index is 11.6. The van der Waals surface area contributed by atoms with Crippen LogP contribution in [0.1, 0.15) is 12.5 Å². The van der Waals surface area contributed by atoms with Crippen LogP contribution in [0.4, 0.5) is 0 Å². The lowest BCUT2D eigenvalue weighted by Gasteiger charge is -2.15. The number of hydrogen-bond donors (Lipinski definition) is 3. The van der Waals surface area contributed by atoms with Gasteiger partial charge in [0, 0.05) is 6.08 Å². The summed E-state index contributed by atoms with van der Waals surface area (Å²) in [6, 6.07) is 5.71. The minimum absolute atomic E-state index is 0.596. The molecule has 1 amide bonds. The molecule has 0 bridgehead atoms. The molecule has 0 saturated heterocycles. The van der Waals surface area contributed by atoms with Gasteiger partial charge in [-0.3, -0.25) is 4.79 Å². The zero-order valence-corrected chi connectivity index (χ0v) is 11.2. The van der Waals surface area contributed by atoms with Gasteiger partial charge in [-0.2, -0.15) is 0 Å². The maximum absolute atomic E-state index is 11.6. The number of carbonyl (C=O) groups excluding carboxylic acids is 1. The van der Waals surface area contributed by atoms with E-state index in [2.05, 4.69) is 5.32 Å². The Balaban J connectivity index is 2.69. The molecule has 6 heteroatoms. The second-order valence-electron chi connectivity index (χ2n) is 4.18. The Morgan fingerprint density at radius 2 is 2.10 bits per heavy atom. The summed E-state index contributed by atoms with van der Waals surface area (Å²) < 4.78 is 5.04. The van der Waals surface area contributed by atoms with Gasteiger partial charge in [0.15, 0.2) is 6.04 Å². The molecule has 1 aromatic carbocycles. The number of aliphatic hydroxyl groups excluding tert-OH is 1. The van der Waals surface area contributed by atoms with Crippen molar-refractivity contribution < 1.29 is 24.5 Å². The molecule has 0 saturated carbocycles. The predicted molar refractivity (Wildman–Crippen MR) is 73.3 cm³/mol. The molecule has 6 nitrogen and oxygen atoms in total. The summed E-state index contributed by atoms with van der Waals surface area (Å²) in [5.74, 6) is -1.23. The van der Waals surface area contributed by atoms with E-state index in [1.807, 2.05) is 0 Å². The van der Waals surface area contributed by atoms with Crippen LogP contribution in [0.15, 0.2) is 30.3 Å². The third-order valence-corrected chi connectivity index (χ3v) is 2.57. The number of benzene rings is 1. The molecular weight excluding hydrogens is 262 g/mol. The number of ether oxygens (including phenoxy) is 1. The number of hydrogen-bond acceptors (Lipinski definition) is 4. The Morgan fingerprint density at radius 3 is 2.65 bits per heavy atom. The molecule has 0 radical (unpaired) electrons. The van der Waals surface area contributed by atoms with Crippen LogP contribution in [0.2, 0.25) is 0 Å². The maximum Gasteiger partial charge on any atom is 0.328 e. The summed E-state index contributed by atoms with van der Waals surface area (Å²) in [7, 11) is 1.54. The molecule has 1 rings (SSSR count). The zero-order valence-electron chi connectivity index (χ0n) is 11.2. The molecule has 3 N–H and O–H groups in total.